The summed E-state index contributed by atoms with van der Waals surface area (Å²) in [6.07, 6.45) is 1.91. The highest BCUT2D eigenvalue weighted by molar-refractivity contribution is 5.95. The third-order valence-corrected chi connectivity index (χ3v) is 2.67. The van der Waals surface area contributed by atoms with Gasteiger partial charge in [0, 0.05) is 13.2 Å². The van der Waals surface area contributed by atoms with Crippen molar-refractivity contribution in [3.63, 3.8) is 0 Å². The lowest BCUT2D eigenvalue weighted by Gasteiger charge is -2.25. The maximum absolute atomic E-state index is 11.6. The summed E-state index contributed by atoms with van der Waals surface area (Å²) in [6, 6.07) is 2.42. The molecule has 0 aliphatic rings. The fourth-order valence-electron chi connectivity index (χ4n) is 1.71. The van der Waals surface area contributed by atoms with E-state index in [2.05, 4.69) is 9.72 Å². The van der Waals surface area contributed by atoms with Crippen molar-refractivity contribution in [2.24, 2.45) is 0 Å². The summed E-state index contributed by atoms with van der Waals surface area (Å²) in [6.45, 7) is 1.76. The first-order valence-electron chi connectivity index (χ1n) is 5.51. The number of rotatable bonds is 5. The van der Waals surface area contributed by atoms with Crippen molar-refractivity contribution >= 4 is 17.8 Å². The minimum Gasteiger partial charge on any atom is -0.480 e. The standard InChI is InChI=1S/C12H16N2O4/c1-4-9(11(15)16)14(2)10-8(12(17)18-3)6-5-7-13-10/h5-7,9H,4H2,1-3H3,(H,15,16). The van der Waals surface area contributed by atoms with E-state index in [0.29, 0.717) is 12.2 Å². The topological polar surface area (TPSA) is 79.7 Å². The van der Waals surface area contributed by atoms with Crippen LogP contribution in [-0.4, -0.2) is 42.2 Å². The molecule has 0 aliphatic carbocycles. The van der Waals surface area contributed by atoms with E-state index >= 15 is 0 Å². The normalized spacial score (nSPS) is 11.7. The average molecular weight is 252 g/mol. The lowest BCUT2D eigenvalue weighted by molar-refractivity contribution is -0.138. The maximum Gasteiger partial charge on any atom is 0.341 e. The number of carbonyl (C=O) groups is 2. The fourth-order valence-corrected chi connectivity index (χ4v) is 1.71. The first-order chi connectivity index (χ1) is 8.52. The van der Waals surface area contributed by atoms with Gasteiger partial charge in [0.2, 0.25) is 0 Å². The molecule has 0 bridgehead atoms. The van der Waals surface area contributed by atoms with Crippen LogP contribution in [0.1, 0.15) is 23.7 Å². The number of ether oxygens (including phenoxy) is 1. The second kappa shape index (κ2) is 6.00. The Balaban J connectivity index is 3.16. The van der Waals surface area contributed by atoms with Crippen molar-refractivity contribution in [3.05, 3.63) is 23.9 Å². The van der Waals surface area contributed by atoms with E-state index in [9.17, 15) is 9.59 Å². The van der Waals surface area contributed by atoms with Crippen molar-refractivity contribution in [3.8, 4) is 0 Å². The van der Waals surface area contributed by atoms with Gasteiger partial charge < -0.3 is 14.7 Å². The molecule has 0 radical (unpaired) electrons. The second-order valence-corrected chi connectivity index (χ2v) is 3.74. The van der Waals surface area contributed by atoms with E-state index in [4.69, 9.17) is 5.11 Å². The van der Waals surface area contributed by atoms with Gasteiger partial charge in [0.25, 0.3) is 0 Å². The van der Waals surface area contributed by atoms with Crippen LogP contribution in [0.4, 0.5) is 5.82 Å². The van der Waals surface area contributed by atoms with Crippen molar-refractivity contribution < 1.29 is 19.4 Å². The molecule has 1 atom stereocenters. The zero-order chi connectivity index (χ0) is 13.7. The quantitative estimate of drug-likeness (QED) is 0.792. The number of hydrogen-bond acceptors (Lipinski definition) is 5. The first kappa shape index (κ1) is 14.0. The summed E-state index contributed by atoms with van der Waals surface area (Å²) < 4.78 is 4.65. The predicted molar refractivity (Wildman–Crippen MR) is 65.7 cm³/mol. The van der Waals surface area contributed by atoms with Gasteiger partial charge in [0.05, 0.1) is 7.11 Å². The molecule has 1 unspecified atom stereocenters. The molecular weight excluding hydrogens is 236 g/mol. The Labute approximate surface area is 105 Å². The molecular formula is C12H16N2O4. The number of hydrogen-bond donors (Lipinski definition) is 1. The highest BCUT2D eigenvalue weighted by atomic mass is 16.5. The molecule has 0 spiro atoms. The third kappa shape index (κ3) is 2.77. The summed E-state index contributed by atoms with van der Waals surface area (Å²) in [5, 5.41) is 9.11. The number of carbonyl (C=O) groups excluding carboxylic acids is 1. The van der Waals surface area contributed by atoms with Gasteiger partial charge in [-0.15, -0.1) is 0 Å². The molecule has 6 nitrogen and oxygen atoms in total. The van der Waals surface area contributed by atoms with E-state index < -0.39 is 18.0 Å². The van der Waals surface area contributed by atoms with Gasteiger partial charge in [-0.25, -0.2) is 14.6 Å². The van der Waals surface area contributed by atoms with Crippen LogP contribution >= 0.6 is 0 Å². The van der Waals surface area contributed by atoms with Gasteiger partial charge in [-0.1, -0.05) is 6.92 Å². The lowest BCUT2D eigenvalue weighted by Crippen LogP contribution is -2.39. The number of likely N-dealkylation sites (N-methyl/N-ethyl adjacent to an activating group) is 1. The van der Waals surface area contributed by atoms with Crippen LogP contribution in [-0.2, 0) is 9.53 Å². The Bertz CT molecular complexity index is 447. The highest BCUT2D eigenvalue weighted by Crippen LogP contribution is 2.20. The predicted octanol–water partition coefficient (Wildman–Crippen LogP) is 1.17. The van der Waals surface area contributed by atoms with Crippen LogP contribution < -0.4 is 4.90 Å². The Morgan fingerprint density at radius 3 is 2.72 bits per heavy atom. The van der Waals surface area contributed by atoms with Gasteiger partial charge in [-0.05, 0) is 18.6 Å². The summed E-state index contributed by atoms with van der Waals surface area (Å²) in [5.74, 6) is -1.19. The maximum atomic E-state index is 11.6. The molecule has 1 N–H and O–H groups in total. The summed E-state index contributed by atoms with van der Waals surface area (Å²) in [5.41, 5.74) is 0.252. The minimum absolute atomic E-state index is 0.252. The zero-order valence-electron chi connectivity index (χ0n) is 10.6. The SMILES string of the molecule is CCC(C(=O)O)N(C)c1ncccc1C(=O)OC. The third-order valence-electron chi connectivity index (χ3n) is 2.67. The van der Waals surface area contributed by atoms with Crippen molar-refractivity contribution in [1.29, 1.82) is 0 Å². The Kier molecular flexibility index (Phi) is 4.65. The number of methoxy groups -OCH3 is 1. The van der Waals surface area contributed by atoms with Gasteiger partial charge in [-0.3, -0.25) is 0 Å². The van der Waals surface area contributed by atoms with Crippen molar-refractivity contribution in [2.45, 2.75) is 19.4 Å². The molecule has 6 heteroatoms. The minimum atomic E-state index is -0.957. The second-order valence-electron chi connectivity index (χ2n) is 3.74. The molecule has 1 aromatic rings. The number of carboxylic acids is 1. The van der Waals surface area contributed by atoms with Gasteiger partial charge >= 0.3 is 11.9 Å². The Hall–Kier alpha value is -2.11. The number of esters is 1. The van der Waals surface area contributed by atoms with E-state index in [1.807, 2.05) is 0 Å². The van der Waals surface area contributed by atoms with E-state index in [-0.39, 0.29) is 5.56 Å². The first-order valence-corrected chi connectivity index (χ1v) is 5.51. The average Bonchev–Trinajstić information content (AvgIpc) is 2.38. The smallest absolute Gasteiger partial charge is 0.341 e. The number of aliphatic carboxylic acids is 1. The molecule has 0 saturated heterocycles. The number of nitrogens with zero attached hydrogens (tertiary/aromatic N) is 2. The van der Waals surface area contributed by atoms with Gasteiger partial charge in [-0.2, -0.15) is 0 Å². The molecule has 0 amide bonds. The fraction of sp³-hybridized carbons (Fsp3) is 0.417. The summed E-state index contributed by atoms with van der Waals surface area (Å²) in [7, 11) is 2.87. The molecule has 1 rings (SSSR count). The largest absolute Gasteiger partial charge is 0.480 e. The van der Waals surface area contributed by atoms with E-state index in [1.54, 1.807) is 26.1 Å². The Morgan fingerprint density at radius 1 is 1.56 bits per heavy atom. The lowest BCUT2D eigenvalue weighted by atomic mass is 10.1. The number of carboxylic acid groups (broad SMARTS) is 1. The molecule has 0 aromatic carbocycles. The van der Waals surface area contributed by atoms with Crippen LogP contribution in [0.2, 0.25) is 0 Å². The molecule has 0 fully saturated rings. The summed E-state index contributed by atoms with van der Waals surface area (Å²) >= 11 is 0. The molecule has 18 heavy (non-hydrogen) atoms. The van der Waals surface area contributed by atoms with Gasteiger partial charge in [0.15, 0.2) is 0 Å². The number of anilines is 1. The van der Waals surface area contributed by atoms with Crippen LogP contribution in [0.15, 0.2) is 18.3 Å². The Morgan fingerprint density at radius 2 is 2.22 bits per heavy atom. The highest BCUT2D eigenvalue weighted by Gasteiger charge is 2.25. The number of aromatic nitrogens is 1. The molecule has 0 aliphatic heterocycles. The van der Waals surface area contributed by atoms with Crippen LogP contribution in [0.5, 0.6) is 0 Å². The molecule has 1 aromatic heterocycles. The number of pyridine rings is 1. The van der Waals surface area contributed by atoms with Crippen LogP contribution in [0.3, 0.4) is 0 Å². The van der Waals surface area contributed by atoms with E-state index in [0.717, 1.165) is 0 Å². The van der Waals surface area contributed by atoms with Crippen LogP contribution in [0.25, 0.3) is 0 Å². The summed E-state index contributed by atoms with van der Waals surface area (Å²) in [4.78, 5) is 28.2. The monoisotopic (exact) mass is 252 g/mol. The molecule has 0 saturated carbocycles. The zero-order valence-corrected chi connectivity index (χ0v) is 10.6. The van der Waals surface area contributed by atoms with E-state index in [1.165, 1.54) is 18.2 Å². The van der Waals surface area contributed by atoms with Crippen molar-refractivity contribution in [2.75, 3.05) is 19.1 Å². The molecule has 98 valence electrons. The van der Waals surface area contributed by atoms with Crippen molar-refractivity contribution in [1.82, 2.24) is 4.98 Å². The van der Waals surface area contributed by atoms with Gasteiger partial charge in [0.1, 0.15) is 17.4 Å². The molecule has 1 heterocycles. The van der Waals surface area contributed by atoms with Crippen LogP contribution in [0, 0.1) is 0 Å².